The molecular formula is C17H14N4O3S. The topological polar surface area (TPSA) is 97.2 Å². The SMILES string of the molecule is Cc1c(NC(=O)c2cccc(Nc3nccs3)c2)cccc1[N+](=O)[O-]. The third-order valence-electron chi connectivity index (χ3n) is 3.56. The predicted molar refractivity (Wildman–Crippen MR) is 97.6 cm³/mol. The fraction of sp³-hybridized carbons (Fsp3) is 0.0588. The minimum absolute atomic E-state index is 0.0306. The smallest absolute Gasteiger partial charge is 0.274 e. The van der Waals surface area contributed by atoms with Crippen LogP contribution in [0.3, 0.4) is 0 Å². The van der Waals surface area contributed by atoms with Crippen molar-refractivity contribution >= 4 is 39.4 Å². The lowest BCUT2D eigenvalue weighted by Crippen LogP contribution is -2.13. The van der Waals surface area contributed by atoms with E-state index in [0.717, 1.165) is 10.8 Å². The van der Waals surface area contributed by atoms with Crippen molar-refractivity contribution in [2.45, 2.75) is 6.92 Å². The summed E-state index contributed by atoms with van der Waals surface area (Å²) in [6.07, 6.45) is 1.69. The van der Waals surface area contributed by atoms with Crippen LogP contribution < -0.4 is 10.6 Å². The molecule has 0 fully saturated rings. The van der Waals surface area contributed by atoms with Gasteiger partial charge in [0.2, 0.25) is 0 Å². The molecule has 0 aliphatic heterocycles. The van der Waals surface area contributed by atoms with Crippen molar-refractivity contribution in [3.63, 3.8) is 0 Å². The van der Waals surface area contributed by atoms with Gasteiger partial charge in [-0.3, -0.25) is 14.9 Å². The van der Waals surface area contributed by atoms with E-state index < -0.39 is 4.92 Å². The van der Waals surface area contributed by atoms with E-state index in [1.54, 1.807) is 43.5 Å². The van der Waals surface area contributed by atoms with Crippen molar-refractivity contribution in [3.05, 3.63) is 75.3 Å². The number of amides is 1. The number of carbonyl (C=O) groups excluding carboxylic acids is 1. The minimum atomic E-state index is -0.469. The van der Waals surface area contributed by atoms with Crippen molar-refractivity contribution in [1.82, 2.24) is 4.98 Å². The molecule has 1 aromatic heterocycles. The highest BCUT2D eigenvalue weighted by molar-refractivity contribution is 7.13. The molecule has 3 rings (SSSR count). The molecule has 2 aromatic carbocycles. The van der Waals surface area contributed by atoms with Crippen LogP contribution in [0.4, 0.5) is 22.2 Å². The van der Waals surface area contributed by atoms with Gasteiger partial charge in [0, 0.05) is 28.9 Å². The number of rotatable bonds is 5. The first-order valence-corrected chi connectivity index (χ1v) is 8.24. The molecule has 0 aliphatic carbocycles. The van der Waals surface area contributed by atoms with Gasteiger partial charge in [0.15, 0.2) is 5.13 Å². The lowest BCUT2D eigenvalue weighted by Gasteiger charge is -2.10. The van der Waals surface area contributed by atoms with Gasteiger partial charge in [0.05, 0.1) is 16.2 Å². The van der Waals surface area contributed by atoms with E-state index >= 15 is 0 Å². The van der Waals surface area contributed by atoms with Crippen LogP contribution in [-0.4, -0.2) is 15.8 Å². The van der Waals surface area contributed by atoms with Crippen LogP contribution in [-0.2, 0) is 0 Å². The van der Waals surface area contributed by atoms with Gasteiger partial charge in [0.25, 0.3) is 11.6 Å². The molecule has 1 heterocycles. The zero-order valence-corrected chi connectivity index (χ0v) is 14.0. The van der Waals surface area contributed by atoms with E-state index in [4.69, 9.17) is 0 Å². The summed E-state index contributed by atoms with van der Waals surface area (Å²) in [5.74, 6) is -0.341. The first kappa shape index (κ1) is 16.6. The molecule has 0 spiro atoms. The van der Waals surface area contributed by atoms with Gasteiger partial charge >= 0.3 is 0 Å². The zero-order valence-electron chi connectivity index (χ0n) is 13.2. The number of nitrogens with one attached hydrogen (secondary N) is 2. The van der Waals surface area contributed by atoms with Crippen molar-refractivity contribution in [2.24, 2.45) is 0 Å². The molecule has 0 radical (unpaired) electrons. The van der Waals surface area contributed by atoms with Gasteiger partial charge in [-0.1, -0.05) is 12.1 Å². The summed E-state index contributed by atoms with van der Waals surface area (Å²) in [6, 6.07) is 11.5. The molecule has 0 atom stereocenters. The molecule has 0 bridgehead atoms. The predicted octanol–water partition coefficient (Wildman–Crippen LogP) is 4.36. The Morgan fingerprint density at radius 2 is 2.04 bits per heavy atom. The number of hydrogen-bond acceptors (Lipinski definition) is 6. The summed E-state index contributed by atoms with van der Waals surface area (Å²) in [5, 5.41) is 19.4. The number of hydrogen-bond donors (Lipinski definition) is 2. The molecule has 0 saturated heterocycles. The number of benzene rings is 2. The third kappa shape index (κ3) is 3.81. The maximum absolute atomic E-state index is 12.5. The fourth-order valence-corrected chi connectivity index (χ4v) is 2.85. The molecular weight excluding hydrogens is 340 g/mol. The number of aromatic nitrogens is 1. The van der Waals surface area contributed by atoms with Crippen molar-refractivity contribution in [3.8, 4) is 0 Å². The second-order valence-corrected chi connectivity index (χ2v) is 6.10. The van der Waals surface area contributed by atoms with Gasteiger partial charge in [-0.05, 0) is 31.2 Å². The molecule has 0 saturated carbocycles. The average molecular weight is 354 g/mol. The number of carbonyl (C=O) groups is 1. The van der Waals surface area contributed by atoms with Gasteiger partial charge < -0.3 is 10.6 Å². The van der Waals surface area contributed by atoms with Gasteiger partial charge in [-0.2, -0.15) is 0 Å². The van der Waals surface area contributed by atoms with Gasteiger partial charge in [-0.25, -0.2) is 4.98 Å². The molecule has 3 aromatic rings. The Kier molecular flexibility index (Phi) is 4.71. The Morgan fingerprint density at radius 1 is 1.24 bits per heavy atom. The molecule has 126 valence electrons. The zero-order chi connectivity index (χ0) is 17.8. The Morgan fingerprint density at radius 3 is 2.76 bits per heavy atom. The normalized spacial score (nSPS) is 10.3. The minimum Gasteiger partial charge on any atom is -0.332 e. The van der Waals surface area contributed by atoms with Gasteiger partial charge in [-0.15, -0.1) is 11.3 Å². The van der Waals surface area contributed by atoms with Crippen molar-refractivity contribution < 1.29 is 9.72 Å². The van der Waals surface area contributed by atoms with E-state index in [-0.39, 0.29) is 11.6 Å². The Labute approximate surface area is 147 Å². The van der Waals surface area contributed by atoms with Gasteiger partial charge in [0.1, 0.15) is 0 Å². The second kappa shape index (κ2) is 7.10. The highest BCUT2D eigenvalue weighted by Gasteiger charge is 2.15. The lowest BCUT2D eigenvalue weighted by molar-refractivity contribution is -0.385. The quantitative estimate of drug-likeness (QED) is 0.524. The Bertz CT molecular complexity index is 925. The van der Waals surface area contributed by atoms with Crippen molar-refractivity contribution in [1.29, 1.82) is 0 Å². The van der Waals surface area contributed by atoms with Crippen LogP contribution in [0.25, 0.3) is 0 Å². The van der Waals surface area contributed by atoms with Crippen LogP contribution in [0.5, 0.6) is 0 Å². The maximum Gasteiger partial charge on any atom is 0.274 e. The number of thiazole rings is 1. The maximum atomic E-state index is 12.5. The molecule has 2 N–H and O–H groups in total. The van der Waals surface area contributed by atoms with E-state index in [1.165, 1.54) is 17.4 Å². The Balaban J connectivity index is 1.80. The number of nitro groups is 1. The monoisotopic (exact) mass is 354 g/mol. The van der Waals surface area contributed by atoms with Crippen LogP contribution in [0.15, 0.2) is 54.0 Å². The van der Waals surface area contributed by atoms with Crippen LogP contribution in [0.1, 0.15) is 15.9 Å². The lowest BCUT2D eigenvalue weighted by atomic mass is 10.1. The molecule has 8 heteroatoms. The van der Waals surface area contributed by atoms with Crippen molar-refractivity contribution in [2.75, 3.05) is 10.6 Å². The number of nitro benzene ring substituents is 1. The van der Waals surface area contributed by atoms with E-state index in [9.17, 15) is 14.9 Å². The highest BCUT2D eigenvalue weighted by Crippen LogP contribution is 2.26. The first-order chi connectivity index (χ1) is 12.0. The highest BCUT2D eigenvalue weighted by atomic mass is 32.1. The summed E-state index contributed by atoms with van der Waals surface area (Å²) >= 11 is 1.45. The fourth-order valence-electron chi connectivity index (χ4n) is 2.30. The van der Waals surface area contributed by atoms with Crippen LogP contribution in [0.2, 0.25) is 0 Å². The molecule has 0 aliphatic rings. The summed E-state index contributed by atoms with van der Waals surface area (Å²) in [7, 11) is 0. The van der Waals surface area contributed by atoms with E-state index in [1.807, 2.05) is 11.4 Å². The van der Waals surface area contributed by atoms with Crippen LogP contribution >= 0.6 is 11.3 Å². The average Bonchev–Trinajstić information content (AvgIpc) is 3.09. The standard InChI is InChI=1S/C17H14N4O3S/c1-11-14(6-3-7-15(11)21(23)24)20-16(22)12-4-2-5-13(10-12)19-17-18-8-9-25-17/h2-10H,1H3,(H,18,19)(H,20,22). The van der Waals surface area contributed by atoms with E-state index in [2.05, 4.69) is 15.6 Å². The molecule has 1 amide bonds. The second-order valence-electron chi connectivity index (χ2n) is 5.20. The summed E-state index contributed by atoms with van der Waals surface area (Å²) in [5.41, 5.74) is 1.97. The largest absolute Gasteiger partial charge is 0.332 e. The Hall–Kier alpha value is -3.26. The molecule has 25 heavy (non-hydrogen) atoms. The summed E-state index contributed by atoms with van der Waals surface area (Å²) in [6.45, 7) is 1.61. The molecule has 0 unspecified atom stereocenters. The molecule has 7 nitrogen and oxygen atoms in total. The van der Waals surface area contributed by atoms with Crippen LogP contribution in [0, 0.1) is 17.0 Å². The van der Waals surface area contributed by atoms with E-state index in [0.29, 0.717) is 16.8 Å². The number of nitrogens with zero attached hydrogens (tertiary/aromatic N) is 2. The summed E-state index contributed by atoms with van der Waals surface area (Å²) in [4.78, 5) is 27.2. The third-order valence-corrected chi connectivity index (χ3v) is 4.25. The number of anilines is 3. The first-order valence-electron chi connectivity index (χ1n) is 7.36. The summed E-state index contributed by atoms with van der Waals surface area (Å²) < 4.78 is 0.